The van der Waals surface area contributed by atoms with Gasteiger partial charge in [-0.3, -0.25) is 0 Å². The molecule has 62 valence electrons. The Kier molecular flexibility index (Phi) is 3.57. The third-order valence-corrected chi connectivity index (χ3v) is 1.95. The fraction of sp³-hybridized carbons (Fsp3) is 0.556. The maximum absolute atomic E-state index is 9.24. The van der Waals surface area contributed by atoms with Crippen LogP contribution in [-0.2, 0) is 0 Å². The quantitative estimate of drug-likeness (QED) is 0.360. The lowest BCUT2D eigenvalue weighted by atomic mass is 10.2. The maximum atomic E-state index is 9.24. The summed E-state index contributed by atoms with van der Waals surface area (Å²) in [4.78, 5) is 0. The molecule has 0 rings (SSSR count). The van der Waals surface area contributed by atoms with Crippen molar-refractivity contribution in [2.45, 2.75) is 32.7 Å². The van der Waals surface area contributed by atoms with Crippen LogP contribution in [0.25, 0.3) is 0 Å². The average molecular weight is 168 g/mol. The number of rotatable bonds is 1. The van der Waals surface area contributed by atoms with Crippen molar-refractivity contribution in [1.82, 2.24) is 0 Å². The fourth-order valence-corrected chi connectivity index (χ4v) is 0.978. The van der Waals surface area contributed by atoms with Crippen LogP contribution >= 0.6 is 0 Å². The molecular weight excluding hydrogens is 152 g/mol. The zero-order valence-corrected chi connectivity index (χ0v) is 8.73. The SMILES string of the molecule is C=C(C)[C@H](O)C#C[Si](C)(C)C. The van der Waals surface area contributed by atoms with E-state index in [2.05, 4.69) is 37.7 Å². The standard InChI is InChI=1S/C9H16OSi/c1-8(2)9(10)6-7-11(3,4)5/h9-10H,1H2,2-5H3/t9-/m1/s1. The molecule has 0 amide bonds. The summed E-state index contributed by atoms with van der Waals surface area (Å²) in [7, 11) is -1.33. The molecule has 1 nitrogen and oxygen atoms in total. The van der Waals surface area contributed by atoms with Gasteiger partial charge in [0.1, 0.15) is 14.2 Å². The molecule has 0 saturated heterocycles. The Labute approximate surface area is 70.1 Å². The average Bonchev–Trinajstić information content (AvgIpc) is 1.80. The fourth-order valence-electron chi connectivity index (χ4n) is 0.408. The van der Waals surface area contributed by atoms with Crippen LogP contribution in [0, 0.1) is 11.5 Å². The lowest BCUT2D eigenvalue weighted by Gasteiger charge is -2.05. The molecule has 1 atom stereocenters. The van der Waals surface area contributed by atoms with E-state index in [0.717, 1.165) is 5.57 Å². The van der Waals surface area contributed by atoms with Crippen LogP contribution in [0.2, 0.25) is 19.6 Å². The summed E-state index contributed by atoms with van der Waals surface area (Å²) in [6.07, 6.45) is -0.637. The second-order valence-corrected chi connectivity index (χ2v) is 8.52. The highest BCUT2D eigenvalue weighted by molar-refractivity contribution is 6.83. The molecule has 0 aromatic rings. The smallest absolute Gasteiger partial charge is 0.135 e. The molecular formula is C9H16OSi. The highest BCUT2D eigenvalue weighted by atomic mass is 28.3. The van der Waals surface area contributed by atoms with Crippen molar-refractivity contribution < 1.29 is 5.11 Å². The Morgan fingerprint density at radius 2 is 1.91 bits per heavy atom. The van der Waals surface area contributed by atoms with E-state index in [4.69, 9.17) is 0 Å². The van der Waals surface area contributed by atoms with Gasteiger partial charge in [-0.15, -0.1) is 5.54 Å². The summed E-state index contributed by atoms with van der Waals surface area (Å²) < 4.78 is 0. The van der Waals surface area contributed by atoms with Crippen molar-refractivity contribution in [3.63, 3.8) is 0 Å². The Morgan fingerprint density at radius 3 is 2.18 bits per heavy atom. The number of aliphatic hydroxyl groups excluding tert-OH is 1. The molecule has 0 saturated carbocycles. The second-order valence-electron chi connectivity index (χ2n) is 3.77. The summed E-state index contributed by atoms with van der Waals surface area (Å²) in [6, 6.07) is 0. The monoisotopic (exact) mass is 168 g/mol. The topological polar surface area (TPSA) is 20.2 Å². The number of hydrogen-bond donors (Lipinski definition) is 1. The Bertz CT molecular complexity index is 202. The van der Waals surface area contributed by atoms with Crippen molar-refractivity contribution in [2.75, 3.05) is 0 Å². The van der Waals surface area contributed by atoms with Gasteiger partial charge in [-0.1, -0.05) is 32.1 Å². The summed E-state index contributed by atoms with van der Waals surface area (Å²) in [5.41, 5.74) is 3.80. The molecule has 0 aliphatic rings. The predicted molar refractivity (Wildman–Crippen MR) is 51.9 cm³/mol. The molecule has 0 spiro atoms. The van der Waals surface area contributed by atoms with Gasteiger partial charge >= 0.3 is 0 Å². The van der Waals surface area contributed by atoms with Gasteiger partial charge in [0.2, 0.25) is 0 Å². The first-order valence-corrected chi connectivity index (χ1v) is 7.19. The molecule has 0 unspecified atom stereocenters. The summed E-state index contributed by atoms with van der Waals surface area (Å²) in [5, 5.41) is 9.24. The maximum Gasteiger partial charge on any atom is 0.135 e. The summed E-state index contributed by atoms with van der Waals surface area (Å²) in [6.45, 7) is 11.8. The van der Waals surface area contributed by atoms with Gasteiger partial charge in [-0.05, 0) is 12.5 Å². The minimum absolute atomic E-state index is 0.637. The lowest BCUT2D eigenvalue weighted by Crippen LogP contribution is -2.18. The molecule has 0 bridgehead atoms. The molecule has 0 aromatic heterocycles. The molecule has 1 N–H and O–H groups in total. The van der Waals surface area contributed by atoms with E-state index in [1.54, 1.807) is 6.92 Å². The van der Waals surface area contributed by atoms with Crippen LogP contribution in [0.1, 0.15) is 6.92 Å². The minimum Gasteiger partial charge on any atom is -0.376 e. The molecule has 0 radical (unpaired) electrons. The third-order valence-electron chi connectivity index (χ3n) is 1.05. The van der Waals surface area contributed by atoms with E-state index in [-0.39, 0.29) is 0 Å². The van der Waals surface area contributed by atoms with Crippen LogP contribution in [0.15, 0.2) is 12.2 Å². The first-order valence-electron chi connectivity index (χ1n) is 3.69. The Hall–Kier alpha value is -0.523. The van der Waals surface area contributed by atoms with Gasteiger partial charge in [-0.25, -0.2) is 0 Å². The minimum atomic E-state index is -1.33. The number of hydrogen-bond acceptors (Lipinski definition) is 1. The summed E-state index contributed by atoms with van der Waals surface area (Å²) in [5.74, 6) is 2.79. The van der Waals surface area contributed by atoms with Gasteiger partial charge in [0.15, 0.2) is 0 Å². The zero-order chi connectivity index (χ0) is 9.07. The van der Waals surface area contributed by atoms with Crippen LogP contribution in [0.4, 0.5) is 0 Å². The van der Waals surface area contributed by atoms with Crippen molar-refractivity contribution in [3.8, 4) is 11.5 Å². The summed E-state index contributed by atoms with van der Waals surface area (Å²) >= 11 is 0. The van der Waals surface area contributed by atoms with Crippen LogP contribution in [0.3, 0.4) is 0 Å². The first kappa shape index (κ1) is 10.5. The van der Waals surface area contributed by atoms with E-state index in [1.165, 1.54) is 0 Å². The van der Waals surface area contributed by atoms with E-state index in [1.807, 2.05) is 0 Å². The molecule has 2 heteroatoms. The first-order chi connectivity index (χ1) is 4.83. The predicted octanol–water partition coefficient (Wildman–Crippen LogP) is 1.80. The molecule has 11 heavy (non-hydrogen) atoms. The number of aliphatic hydroxyl groups is 1. The lowest BCUT2D eigenvalue weighted by molar-refractivity contribution is 0.269. The van der Waals surface area contributed by atoms with E-state index in [0.29, 0.717) is 0 Å². The molecule has 0 heterocycles. The normalized spacial score (nSPS) is 13.2. The van der Waals surface area contributed by atoms with E-state index in [9.17, 15) is 5.11 Å². The largest absolute Gasteiger partial charge is 0.376 e. The highest BCUT2D eigenvalue weighted by Crippen LogP contribution is 1.99. The van der Waals surface area contributed by atoms with Gasteiger partial charge in [0.05, 0.1) is 0 Å². The second kappa shape index (κ2) is 3.75. The Balaban J connectivity index is 4.19. The van der Waals surface area contributed by atoms with Gasteiger partial charge in [0, 0.05) is 0 Å². The van der Waals surface area contributed by atoms with Crippen molar-refractivity contribution in [2.24, 2.45) is 0 Å². The van der Waals surface area contributed by atoms with Crippen molar-refractivity contribution >= 4 is 8.07 Å². The van der Waals surface area contributed by atoms with Crippen molar-refractivity contribution in [3.05, 3.63) is 12.2 Å². The molecule has 0 fully saturated rings. The van der Waals surface area contributed by atoms with Crippen LogP contribution in [0.5, 0.6) is 0 Å². The zero-order valence-electron chi connectivity index (χ0n) is 7.73. The molecule has 0 aliphatic carbocycles. The molecule has 0 aromatic carbocycles. The van der Waals surface area contributed by atoms with Crippen LogP contribution in [-0.4, -0.2) is 19.3 Å². The van der Waals surface area contributed by atoms with Crippen LogP contribution < -0.4 is 0 Å². The van der Waals surface area contributed by atoms with Gasteiger partial charge < -0.3 is 5.11 Å². The molecule has 0 aliphatic heterocycles. The third kappa shape index (κ3) is 5.90. The Morgan fingerprint density at radius 1 is 1.45 bits per heavy atom. The van der Waals surface area contributed by atoms with E-state index < -0.39 is 14.2 Å². The van der Waals surface area contributed by atoms with Gasteiger partial charge in [0.25, 0.3) is 0 Å². The van der Waals surface area contributed by atoms with Crippen molar-refractivity contribution in [1.29, 1.82) is 0 Å². The van der Waals surface area contributed by atoms with E-state index >= 15 is 0 Å². The highest BCUT2D eigenvalue weighted by Gasteiger charge is 2.08. The van der Waals surface area contributed by atoms with Gasteiger partial charge in [-0.2, -0.15) is 0 Å².